The van der Waals surface area contributed by atoms with Crippen LogP contribution in [0.5, 0.6) is 0 Å². The number of pyridine rings is 1. The van der Waals surface area contributed by atoms with Gasteiger partial charge in [-0.15, -0.1) is 0 Å². The third-order valence-corrected chi connectivity index (χ3v) is 8.19. The third-order valence-electron chi connectivity index (χ3n) is 6.10. The number of sulfone groups is 1. The van der Waals surface area contributed by atoms with E-state index in [0.717, 1.165) is 38.7 Å². The number of rotatable bonds is 5. The van der Waals surface area contributed by atoms with Crippen LogP contribution in [0.15, 0.2) is 79.0 Å². The zero-order chi connectivity index (χ0) is 23.1. The first-order valence-electron chi connectivity index (χ1n) is 10.4. The normalized spacial score (nSPS) is 12.1. The molecule has 32 heavy (non-hydrogen) atoms. The van der Waals surface area contributed by atoms with E-state index in [0.29, 0.717) is 5.56 Å². The van der Waals surface area contributed by atoms with Crippen LogP contribution in [0.4, 0.5) is 0 Å². The molecule has 162 valence electrons. The first-order chi connectivity index (χ1) is 15.1. The number of fused-ring (bicyclic) bond motifs is 1. The minimum atomic E-state index is -3.34. The summed E-state index contributed by atoms with van der Waals surface area (Å²) in [5, 5.41) is 0.890. The Hall–Kier alpha value is -3.31. The number of ketones is 1. The Balaban J connectivity index is 1.94. The van der Waals surface area contributed by atoms with Crippen molar-refractivity contribution in [2.24, 2.45) is 0 Å². The van der Waals surface area contributed by atoms with Crippen molar-refractivity contribution in [2.75, 3.05) is 6.26 Å². The summed E-state index contributed by atoms with van der Waals surface area (Å²) < 4.78 is 24.0. The van der Waals surface area contributed by atoms with Crippen LogP contribution >= 0.6 is 0 Å². The minimum Gasteiger partial charge on any atom is -0.295 e. The predicted octanol–water partition coefficient (Wildman–Crippen LogP) is 6.05. The Kier molecular flexibility index (Phi) is 5.47. The molecule has 0 unspecified atom stereocenters. The minimum absolute atomic E-state index is 0.0221. The summed E-state index contributed by atoms with van der Waals surface area (Å²) in [4.78, 5) is 16.4. The lowest BCUT2D eigenvalue weighted by atomic mass is 9.92. The van der Waals surface area contributed by atoms with Gasteiger partial charge in [0.1, 0.15) is 0 Å². The molecule has 0 amide bonds. The molecule has 0 aliphatic carbocycles. The van der Waals surface area contributed by atoms with Gasteiger partial charge in [0.05, 0.1) is 10.3 Å². The molecule has 4 rings (SSSR count). The van der Waals surface area contributed by atoms with E-state index >= 15 is 0 Å². The number of hydrogen-bond acceptors (Lipinski definition) is 4. The van der Waals surface area contributed by atoms with Crippen molar-refractivity contribution < 1.29 is 13.2 Å². The van der Waals surface area contributed by atoms with Crippen LogP contribution in [0.3, 0.4) is 0 Å². The lowest BCUT2D eigenvalue weighted by Gasteiger charge is -2.24. The second-order valence-corrected chi connectivity index (χ2v) is 11.2. The molecule has 0 aliphatic heterocycles. The average Bonchev–Trinajstić information content (AvgIpc) is 2.77. The SMILES string of the molecule is CC(=O)c1cccc(-c2cccc(-c3cc(C(C)(C)S(C)(=O)=O)cc4cccnc34)c2)c1. The van der Waals surface area contributed by atoms with Crippen LogP contribution in [0.2, 0.25) is 0 Å². The molecule has 0 saturated heterocycles. The van der Waals surface area contributed by atoms with Gasteiger partial charge in [-0.1, -0.05) is 42.5 Å². The summed E-state index contributed by atoms with van der Waals surface area (Å²) in [6, 6.07) is 23.2. The van der Waals surface area contributed by atoms with E-state index < -0.39 is 14.6 Å². The zero-order valence-electron chi connectivity index (χ0n) is 18.6. The second-order valence-electron chi connectivity index (χ2n) is 8.60. The fourth-order valence-corrected chi connectivity index (χ4v) is 4.30. The Labute approximate surface area is 188 Å². The number of aromatic nitrogens is 1. The summed E-state index contributed by atoms with van der Waals surface area (Å²) in [6.45, 7) is 5.02. The molecular formula is C27H25NO3S. The van der Waals surface area contributed by atoms with E-state index in [4.69, 9.17) is 0 Å². The fourth-order valence-electron chi connectivity index (χ4n) is 3.76. The lowest BCUT2D eigenvalue weighted by Crippen LogP contribution is -2.28. The summed E-state index contributed by atoms with van der Waals surface area (Å²) in [5.41, 5.74) is 5.93. The standard InChI is InChI=1S/C27H25NO3S/c1-18(29)19-8-5-9-20(14-19)21-10-6-11-22(15-21)25-17-24(27(2,3)32(4,30)31)16-23-12-7-13-28-26(23)25/h5-17H,1-4H3. The molecule has 0 bridgehead atoms. The van der Waals surface area contributed by atoms with Crippen molar-refractivity contribution in [1.29, 1.82) is 0 Å². The maximum Gasteiger partial charge on any atom is 0.159 e. The first-order valence-corrected chi connectivity index (χ1v) is 12.3. The Morgan fingerprint density at radius 2 is 1.50 bits per heavy atom. The van der Waals surface area contributed by atoms with Crippen molar-refractivity contribution in [1.82, 2.24) is 4.98 Å². The number of benzene rings is 3. The van der Waals surface area contributed by atoms with Crippen molar-refractivity contribution in [2.45, 2.75) is 25.5 Å². The van der Waals surface area contributed by atoms with Gasteiger partial charge in [-0.3, -0.25) is 9.78 Å². The topological polar surface area (TPSA) is 64.1 Å². The van der Waals surface area contributed by atoms with Crippen molar-refractivity contribution in [3.05, 3.63) is 90.1 Å². The summed E-state index contributed by atoms with van der Waals surface area (Å²) in [6.07, 6.45) is 3.01. The van der Waals surface area contributed by atoms with Crippen LogP contribution in [-0.4, -0.2) is 25.4 Å². The highest BCUT2D eigenvalue weighted by Crippen LogP contribution is 2.37. The molecule has 0 aliphatic rings. The van der Waals surface area contributed by atoms with Gasteiger partial charge in [-0.05, 0) is 73.4 Å². The number of carbonyl (C=O) groups excluding carboxylic acids is 1. The molecule has 0 fully saturated rings. The van der Waals surface area contributed by atoms with Gasteiger partial charge in [0, 0.05) is 29.0 Å². The quantitative estimate of drug-likeness (QED) is 0.352. The van der Waals surface area contributed by atoms with Crippen LogP contribution < -0.4 is 0 Å². The van der Waals surface area contributed by atoms with Crippen LogP contribution in [0.25, 0.3) is 33.2 Å². The molecule has 5 heteroatoms. The average molecular weight is 444 g/mol. The molecule has 4 nitrogen and oxygen atoms in total. The van der Waals surface area contributed by atoms with Gasteiger partial charge in [-0.2, -0.15) is 0 Å². The molecule has 3 aromatic carbocycles. The first kappa shape index (κ1) is 21.9. The van der Waals surface area contributed by atoms with Crippen LogP contribution in [-0.2, 0) is 14.6 Å². The maximum absolute atomic E-state index is 12.5. The van der Waals surface area contributed by atoms with Gasteiger partial charge in [0.25, 0.3) is 0 Å². The van der Waals surface area contributed by atoms with Crippen molar-refractivity contribution >= 4 is 26.5 Å². The van der Waals surface area contributed by atoms with E-state index in [1.807, 2.05) is 66.7 Å². The van der Waals surface area contributed by atoms with Crippen molar-refractivity contribution in [3.63, 3.8) is 0 Å². The number of hydrogen-bond donors (Lipinski definition) is 0. The number of nitrogens with zero attached hydrogens (tertiary/aromatic N) is 1. The fraction of sp³-hybridized carbons (Fsp3) is 0.185. The number of Topliss-reactive ketones (excluding diaryl/α,β-unsaturated/α-hetero) is 1. The Morgan fingerprint density at radius 1 is 0.844 bits per heavy atom. The molecule has 0 N–H and O–H groups in total. The Bertz CT molecular complexity index is 1450. The Morgan fingerprint density at radius 3 is 2.19 bits per heavy atom. The zero-order valence-corrected chi connectivity index (χ0v) is 19.4. The summed E-state index contributed by atoms with van der Waals surface area (Å²) in [5.74, 6) is 0.0221. The third kappa shape index (κ3) is 3.96. The molecule has 0 saturated carbocycles. The van der Waals surface area contributed by atoms with Gasteiger partial charge >= 0.3 is 0 Å². The van der Waals surface area contributed by atoms with Crippen LogP contribution in [0, 0.1) is 0 Å². The van der Waals surface area contributed by atoms with E-state index in [1.165, 1.54) is 6.26 Å². The smallest absolute Gasteiger partial charge is 0.159 e. The van der Waals surface area contributed by atoms with E-state index in [1.54, 1.807) is 27.0 Å². The molecule has 0 spiro atoms. The van der Waals surface area contributed by atoms with Crippen molar-refractivity contribution in [3.8, 4) is 22.3 Å². The highest BCUT2D eigenvalue weighted by Gasteiger charge is 2.33. The predicted molar refractivity (Wildman–Crippen MR) is 130 cm³/mol. The van der Waals surface area contributed by atoms with E-state index in [9.17, 15) is 13.2 Å². The van der Waals surface area contributed by atoms with Gasteiger partial charge < -0.3 is 0 Å². The largest absolute Gasteiger partial charge is 0.295 e. The molecular weight excluding hydrogens is 418 g/mol. The molecule has 0 radical (unpaired) electrons. The maximum atomic E-state index is 12.5. The summed E-state index contributed by atoms with van der Waals surface area (Å²) >= 11 is 0. The molecule has 1 aromatic heterocycles. The van der Waals surface area contributed by atoms with E-state index in [-0.39, 0.29) is 5.78 Å². The van der Waals surface area contributed by atoms with Gasteiger partial charge in [0.2, 0.25) is 0 Å². The lowest BCUT2D eigenvalue weighted by molar-refractivity contribution is 0.101. The molecule has 1 heterocycles. The molecule has 4 aromatic rings. The van der Waals surface area contributed by atoms with Crippen LogP contribution in [0.1, 0.15) is 36.7 Å². The monoisotopic (exact) mass is 443 g/mol. The molecule has 0 atom stereocenters. The van der Waals surface area contributed by atoms with E-state index in [2.05, 4.69) is 11.1 Å². The van der Waals surface area contributed by atoms with Gasteiger partial charge in [0.15, 0.2) is 15.6 Å². The number of carbonyl (C=O) groups is 1. The highest BCUT2D eigenvalue weighted by molar-refractivity contribution is 7.91. The van der Waals surface area contributed by atoms with Gasteiger partial charge in [-0.25, -0.2) is 8.42 Å². The highest BCUT2D eigenvalue weighted by atomic mass is 32.2. The summed E-state index contributed by atoms with van der Waals surface area (Å²) in [7, 11) is -3.34. The second kappa shape index (κ2) is 7.99.